The molecular weight excluding hydrogens is 445 g/mol. The van der Waals surface area contributed by atoms with Crippen molar-refractivity contribution in [2.24, 2.45) is 0 Å². The van der Waals surface area contributed by atoms with Crippen molar-refractivity contribution in [2.45, 2.75) is 31.3 Å². The van der Waals surface area contributed by atoms with E-state index >= 15 is 0 Å². The van der Waals surface area contributed by atoms with Crippen LogP contribution in [0, 0.1) is 11.3 Å². The molecule has 1 saturated heterocycles. The summed E-state index contributed by atoms with van der Waals surface area (Å²) in [6.07, 6.45) is -1.57. The number of nitrogens with one attached hydrogen (secondary N) is 1. The number of amides is 1. The number of carbonyl (C=O) groups excluding carboxylic acids is 1. The SMILES string of the molecule is N#Cc1ccc(N2C[C@@H](Oc3ccccc3)C[C@H]2C(=O)NCc2cccnc2)cc1C(F)(F)F. The van der Waals surface area contributed by atoms with Gasteiger partial charge < -0.3 is 15.0 Å². The number of hydrogen-bond donors (Lipinski definition) is 1. The van der Waals surface area contributed by atoms with E-state index in [9.17, 15) is 18.0 Å². The first kappa shape index (κ1) is 23.1. The number of hydrogen-bond acceptors (Lipinski definition) is 5. The van der Waals surface area contributed by atoms with E-state index in [-0.39, 0.29) is 31.1 Å². The summed E-state index contributed by atoms with van der Waals surface area (Å²) in [7, 11) is 0. The Hall–Kier alpha value is -4.06. The Morgan fingerprint density at radius 3 is 2.65 bits per heavy atom. The van der Waals surface area contributed by atoms with Gasteiger partial charge in [0.25, 0.3) is 0 Å². The number of pyridine rings is 1. The molecule has 34 heavy (non-hydrogen) atoms. The zero-order valence-corrected chi connectivity index (χ0v) is 18.0. The summed E-state index contributed by atoms with van der Waals surface area (Å²) in [4.78, 5) is 18.7. The molecule has 6 nitrogen and oxygen atoms in total. The van der Waals surface area contributed by atoms with Crippen molar-refractivity contribution in [3.8, 4) is 11.8 Å². The van der Waals surface area contributed by atoms with Crippen molar-refractivity contribution in [3.63, 3.8) is 0 Å². The molecule has 0 saturated carbocycles. The molecule has 2 aromatic carbocycles. The average molecular weight is 466 g/mol. The van der Waals surface area contributed by atoms with Gasteiger partial charge in [0.15, 0.2) is 0 Å². The second kappa shape index (κ2) is 9.83. The Kier molecular flexibility index (Phi) is 6.68. The van der Waals surface area contributed by atoms with Gasteiger partial charge in [0, 0.05) is 31.0 Å². The van der Waals surface area contributed by atoms with E-state index in [1.165, 1.54) is 6.07 Å². The number of carbonyl (C=O) groups is 1. The maximum Gasteiger partial charge on any atom is 0.417 e. The highest BCUT2D eigenvalue weighted by Gasteiger charge is 2.40. The average Bonchev–Trinajstić information content (AvgIpc) is 3.26. The molecule has 0 spiro atoms. The summed E-state index contributed by atoms with van der Waals surface area (Å²) < 4.78 is 46.7. The number of para-hydroxylation sites is 1. The van der Waals surface area contributed by atoms with Crippen LogP contribution in [0.3, 0.4) is 0 Å². The van der Waals surface area contributed by atoms with Crippen LogP contribution in [0.4, 0.5) is 18.9 Å². The minimum absolute atomic E-state index is 0.201. The van der Waals surface area contributed by atoms with Crippen LogP contribution >= 0.6 is 0 Å². The van der Waals surface area contributed by atoms with Crippen molar-refractivity contribution in [1.29, 1.82) is 5.26 Å². The van der Waals surface area contributed by atoms with Crippen LogP contribution in [0.2, 0.25) is 0 Å². The number of nitriles is 1. The van der Waals surface area contributed by atoms with E-state index < -0.39 is 29.4 Å². The second-order valence-corrected chi connectivity index (χ2v) is 7.88. The Balaban J connectivity index is 1.60. The van der Waals surface area contributed by atoms with Crippen molar-refractivity contribution in [3.05, 3.63) is 89.7 Å². The van der Waals surface area contributed by atoms with Gasteiger partial charge in [0.1, 0.15) is 17.9 Å². The summed E-state index contributed by atoms with van der Waals surface area (Å²) in [6, 6.07) is 16.9. The van der Waals surface area contributed by atoms with Crippen LogP contribution in [-0.4, -0.2) is 29.6 Å². The third-order valence-corrected chi connectivity index (χ3v) is 5.56. The normalized spacial score (nSPS) is 17.8. The zero-order valence-electron chi connectivity index (χ0n) is 18.0. The third kappa shape index (κ3) is 5.29. The van der Waals surface area contributed by atoms with Crippen LogP contribution < -0.4 is 15.0 Å². The molecule has 9 heteroatoms. The molecule has 2 heterocycles. The lowest BCUT2D eigenvalue weighted by Gasteiger charge is -2.26. The number of nitrogens with zero attached hydrogens (tertiary/aromatic N) is 3. The van der Waals surface area contributed by atoms with E-state index in [1.54, 1.807) is 41.6 Å². The van der Waals surface area contributed by atoms with Crippen LogP contribution in [0.1, 0.15) is 23.1 Å². The van der Waals surface area contributed by atoms with Crippen molar-refractivity contribution in [1.82, 2.24) is 10.3 Å². The van der Waals surface area contributed by atoms with E-state index in [0.29, 0.717) is 5.75 Å². The first-order valence-electron chi connectivity index (χ1n) is 10.6. The lowest BCUT2D eigenvalue weighted by molar-refractivity contribution is -0.137. The fourth-order valence-corrected chi connectivity index (χ4v) is 3.96. The fourth-order valence-electron chi connectivity index (χ4n) is 3.96. The van der Waals surface area contributed by atoms with Crippen molar-refractivity contribution < 1.29 is 22.7 Å². The number of anilines is 1. The van der Waals surface area contributed by atoms with Gasteiger partial charge in [-0.3, -0.25) is 9.78 Å². The summed E-state index contributed by atoms with van der Waals surface area (Å²) in [5, 5.41) is 12.0. The minimum Gasteiger partial charge on any atom is -0.488 e. The number of ether oxygens (including phenoxy) is 1. The van der Waals surface area contributed by atoms with E-state index in [4.69, 9.17) is 10.00 Å². The lowest BCUT2D eigenvalue weighted by atomic mass is 10.1. The predicted molar refractivity (Wildman–Crippen MR) is 119 cm³/mol. The first-order valence-corrected chi connectivity index (χ1v) is 10.6. The van der Waals surface area contributed by atoms with Gasteiger partial charge in [0.2, 0.25) is 5.91 Å². The number of aromatic nitrogens is 1. The molecule has 1 fully saturated rings. The summed E-state index contributed by atoms with van der Waals surface area (Å²) in [6.45, 7) is 0.450. The van der Waals surface area contributed by atoms with E-state index in [2.05, 4.69) is 10.3 Å². The quantitative estimate of drug-likeness (QED) is 0.586. The molecule has 0 aliphatic carbocycles. The molecular formula is C25H21F3N4O2. The predicted octanol–water partition coefficient (Wildman–Crippen LogP) is 4.31. The summed E-state index contributed by atoms with van der Waals surface area (Å²) >= 11 is 0. The van der Waals surface area contributed by atoms with E-state index in [0.717, 1.165) is 17.7 Å². The molecule has 0 bridgehead atoms. The summed E-state index contributed by atoms with van der Waals surface area (Å²) in [5.74, 6) is 0.278. The Morgan fingerprint density at radius 1 is 1.18 bits per heavy atom. The highest BCUT2D eigenvalue weighted by molar-refractivity contribution is 5.86. The third-order valence-electron chi connectivity index (χ3n) is 5.56. The van der Waals surface area contributed by atoms with Gasteiger partial charge in [-0.2, -0.15) is 18.4 Å². The van der Waals surface area contributed by atoms with Gasteiger partial charge >= 0.3 is 6.18 Å². The number of halogens is 3. The molecule has 174 valence electrons. The van der Waals surface area contributed by atoms with Crippen LogP contribution in [0.15, 0.2) is 73.1 Å². The van der Waals surface area contributed by atoms with Crippen molar-refractivity contribution in [2.75, 3.05) is 11.4 Å². The molecule has 1 aromatic heterocycles. The molecule has 4 rings (SSSR count). The molecule has 2 atom stereocenters. The van der Waals surface area contributed by atoms with Crippen LogP contribution in [0.25, 0.3) is 0 Å². The number of alkyl halides is 3. The van der Waals surface area contributed by atoms with Gasteiger partial charge in [-0.25, -0.2) is 0 Å². The minimum atomic E-state index is -4.70. The van der Waals surface area contributed by atoms with Gasteiger partial charge in [-0.15, -0.1) is 0 Å². The second-order valence-electron chi connectivity index (χ2n) is 7.88. The molecule has 0 radical (unpaired) electrons. The maximum absolute atomic E-state index is 13.6. The van der Waals surface area contributed by atoms with E-state index in [1.807, 2.05) is 24.3 Å². The van der Waals surface area contributed by atoms with Gasteiger partial charge in [-0.05, 0) is 42.0 Å². The number of rotatable bonds is 6. The van der Waals surface area contributed by atoms with Crippen molar-refractivity contribution >= 4 is 11.6 Å². The van der Waals surface area contributed by atoms with Gasteiger partial charge in [-0.1, -0.05) is 24.3 Å². The molecule has 1 aliphatic rings. The standard InChI is InChI=1S/C25H21F3N4O2/c26-25(27,28)22-11-19(9-8-18(22)13-29)32-16-21(34-20-6-2-1-3-7-20)12-23(32)24(33)31-15-17-5-4-10-30-14-17/h1-11,14,21,23H,12,15-16H2,(H,31,33)/t21-,23-/m0/s1. The molecule has 1 N–H and O–H groups in total. The smallest absolute Gasteiger partial charge is 0.417 e. The fraction of sp³-hybridized carbons (Fsp3) is 0.240. The summed E-state index contributed by atoms with van der Waals surface area (Å²) in [5.41, 5.74) is -0.498. The number of benzene rings is 2. The monoisotopic (exact) mass is 466 g/mol. The molecule has 1 amide bonds. The lowest BCUT2D eigenvalue weighted by Crippen LogP contribution is -2.43. The topological polar surface area (TPSA) is 78.2 Å². The Morgan fingerprint density at radius 2 is 1.97 bits per heavy atom. The highest BCUT2D eigenvalue weighted by Crippen LogP contribution is 2.36. The maximum atomic E-state index is 13.6. The van der Waals surface area contributed by atoms with Crippen LogP contribution in [0.5, 0.6) is 5.75 Å². The molecule has 0 unspecified atom stereocenters. The first-order chi connectivity index (χ1) is 16.3. The Labute approximate surface area is 194 Å². The highest BCUT2D eigenvalue weighted by atomic mass is 19.4. The largest absolute Gasteiger partial charge is 0.488 e. The molecule has 3 aromatic rings. The molecule has 1 aliphatic heterocycles. The zero-order chi connectivity index (χ0) is 24.1. The van der Waals surface area contributed by atoms with Gasteiger partial charge in [0.05, 0.1) is 23.7 Å². The van der Waals surface area contributed by atoms with Crippen LogP contribution in [-0.2, 0) is 17.5 Å². The Bertz CT molecular complexity index is 1180.